The van der Waals surface area contributed by atoms with Crippen LogP contribution in [-0.2, 0) is 11.3 Å². The summed E-state index contributed by atoms with van der Waals surface area (Å²) in [4.78, 5) is 11.0. The number of nitrogens with one attached hydrogen (secondary N) is 1. The molecule has 118 valence electrons. The van der Waals surface area contributed by atoms with E-state index in [1.807, 2.05) is 6.07 Å². The van der Waals surface area contributed by atoms with Crippen molar-refractivity contribution in [3.8, 4) is 6.07 Å². The van der Waals surface area contributed by atoms with Gasteiger partial charge in [-0.05, 0) is 23.8 Å². The smallest absolute Gasteiger partial charge is 0.305 e. The van der Waals surface area contributed by atoms with E-state index in [9.17, 15) is 13.6 Å². The summed E-state index contributed by atoms with van der Waals surface area (Å²) in [5, 5.41) is 20.8. The van der Waals surface area contributed by atoms with Crippen LogP contribution in [0, 0.1) is 23.0 Å². The highest BCUT2D eigenvalue weighted by Crippen LogP contribution is 2.22. The van der Waals surface area contributed by atoms with Crippen molar-refractivity contribution in [2.75, 3.05) is 0 Å². The third kappa shape index (κ3) is 4.59. The standard InChI is InChI=1S/C17H14F2N2O2/c18-13-4-5-14(15(19)7-13)16(8-17(22)23)21-10-12-3-1-2-11(6-12)9-20/h1-7,16,21H,8,10H2,(H,22,23)/t16-/m1/s1. The molecule has 0 heterocycles. The lowest BCUT2D eigenvalue weighted by Gasteiger charge is -2.18. The van der Waals surface area contributed by atoms with Crippen molar-refractivity contribution < 1.29 is 18.7 Å². The first-order valence-electron chi connectivity index (χ1n) is 6.88. The van der Waals surface area contributed by atoms with Gasteiger partial charge in [0.1, 0.15) is 11.6 Å². The number of carboxylic acid groups (broad SMARTS) is 1. The molecule has 0 aliphatic carbocycles. The summed E-state index contributed by atoms with van der Waals surface area (Å²) in [6.07, 6.45) is -0.347. The monoisotopic (exact) mass is 316 g/mol. The van der Waals surface area contributed by atoms with Gasteiger partial charge in [-0.25, -0.2) is 8.78 Å². The molecule has 0 saturated heterocycles. The highest BCUT2D eigenvalue weighted by Gasteiger charge is 2.19. The Morgan fingerprint density at radius 2 is 2.04 bits per heavy atom. The van der Waals surface area contributed by atoms with Gasteiger partial charge in [-0.15, -0.1) is 0 Å². The molecular formula is C17H14F2N2O2. The molecule has 1 atom stereocenters. The molecule has 2 aromatic rings. The molecule has 0 amide bonds. The van der Waals surface area contributed by atoms with Crippen molar-refractivity contribution in [1.29, 1.82) is 5.26 Å². The minimum Gasteiger partial charge on any atom is -0.481 e. The van der Waals surface area contributed by atoms with Crippen molar-refractivity contribution in [1.82, 2.24) is 5.32 Å². The number of aliphatic carboxylic acids is 1. The SMILES string of the molecule is N#Cc1cccc(CN[C@H](CC(=O)O)c2ccc(F)cc2F)c1. The van der Waals surface area contributed by atoms with Crippen LogP contribution in [0.25, 0.3) is 0 Å². The molecule has 6 heteroatoms. The maximum absolute atomic E-state index is 13.9. The van der Waals surface area contributed by atoms with Gasteiger partial charge in [0.05, 0.1) is 18.1 Å². The number of nitriles is 1. The Kier molecular flexibility index (Phi) is 5.39. The minimum absolute atomic E-state index is 0.0882. The first-order chi connectivity index (χ1) is 11.0. The van der Waals surface area contributed by atoms with Gasteiger partial charge in [-0.1, -0.05) is 18.2 Å². The number of carboxylic acids is 1. The lowest BCUT2D eigenvalue weighted by molar-refractivity contribution is -0.137. The van der Waals surface area contributed by atoms with E-state index < -0.39 is 23.6 Å². The number of rotatable bonds is 6. The third-order valence-corrected chi connectivity index (χ3v) is 3.33. The Labute approximate surface area is 132 Å². The van der Waals surface area contributed by atoms with Crippen molar-refractivity contribution in [3.63, 3.8) is 0 Å². The molecule has 0 saturated carbocycles. The summed E-state index contributed by atoms with van der Waals surface area (Å²) < 4.78 is 26.9. The predicted octanol–water partition coefficient (Wildman–Crippen LogP) is 3.14. The fraction of sp³-hybridized carbons (Fsp3) is 0.176. The lowest BCUT2D eigenvalue weighted by Crippen LogP contribution is -2.24. The van der Waals surface area contributed by atoms with Gasteiger partial charge in [0.15, 0.2) is 0 Å². The number of benzene rings is 2. The molecular weight excluding hydrogens is 302 g/mol. The maximum Gasteiger partial charge on any atom is 0.305 e. The van der Waals surface area contributed by atoms with Gasteiger partial charge in [0.25, 0.3) is 0 Å². The van der Waals surface area contributed by atoms with Crippen LogP contribution in [0.15, 0.2) is 42.5 Å². The third-order valence-electron chi connectivity index (χ3n) is 3.33. The van der Waals surface area contributed by atoms with Crippen molar-refractivity contribution in [2.24, 2.45) is 0 Å². The Morgan fingerprint density at radius 3 is 2.70 bits per heavy atom. The highest BCUT2D eigenvalue weighted by atomic mass is 19.1. The van der Waals surface area contributed by atoms with E-state index in [1.54, 1.807) is 24.3 Å². The topological polar surface area (TPSA) is 73.1 Å². The second-order valence-corrected chi connectivity index (χ2v) is 5.01. The molecule has 0 bridgehead atoms. The second kappa shape index (κ2) is 7.47. The number of halogens is 2. The molecule has 4 nitrogen and oxygen atoms in total. The molecule has 0 aliphatic heterocycles. The van der Waals surface area contributed by atoms with Gasteiger partial charge < -0.3 is 10.4 Å². The first kappa shape index (κ1) is 16.6. The lowest BCUT2D eigenvalue weighted by atomic mass is 10.0. The van der Waals surface area contributed by atoms with Crippen molar-refractivity contribution in [2.45, 2.75) is 19.0 Å². The van der Waals surface area contributed by atoms with E-state index in [0.29, 0.717) is 5.56 Å². The number of carbonyl (C=O) groups is 1. The number of hydrogen-bond acceptors (Lipinski definition) is 3. The molecule has 0 aliphatic rings. The fourth-order valence-corrected chi connectivity index (χ4v) is 2.24. The zero-order valence-corrected chi connectivity index (χ0v) is 12.1. The molecule has 0 radical (unpaired) electrons. The normalized spacial score (nSPS) is 11.7. The maximum atomic E-state index is 13.9. The number of nitrogens with zero attached hydrogens (tertiary/aromatic N) is 1. The van der Waals surface area contributed by atoms with Crippen LogP contribution in [0.4, 0.5) is 8.78 Å². The molecule has 0 spiro atoms. The zero-order chi connectivity index (χ0) is 16.8. The molecule has 0 unspecified atom stereocenters. The average molecular weight is 316 g/mol. The summed E-state index contributed by atoms with van der Waals surface area (Å²) in [5.74, 6) is -2.62. The Bertz CT molecular complexity index is 756. The predicted molar refractivity (Wildman–Crippen MR) is 79.3 cm³/mol. The van der Waals surface area contributed by atoms with Gasteiger partial charge in [-0.2, -0.15) is 5.26 Å². The molecule has 23 heavy (non-hydrogen) atoms. The zero-order valence-electron chi connectivity index (χ0n) is 12.1. The highest BCUT2D eigenvalue weighted by molar-refractivity contribution is 5.68. The van der Waals surface area contributed by atoms with Gasteiger partial charge in [0.2, 0.25) is 0 Å². The quantitative estimate of drug-likeness (QED) is 0.858. The van der Waals surface area contributed by atoms with Crippen LogP contribution in [0.3, 0.4) is 0 Å². The van der Waals surface area contributed by atoms with Crippen molar-refractivity contribution in [3.05, 3.63) is 70.8 Å². The largest absolute Gasteiger partial charge is 0.481 e. The average Bonchev–Trinajstić information content (AvgIpc) is 2.51. The Balaban J connectivity index is 2.18. The Hall–Kier alpha value is -2.78. The van der Waals surface area contributed by atoms with Crippen LogP contribution in [0.5, 0.6) is 0 Å². The van der Waals surface area contributed by atoms with Crippen LogP contribution in [0.2, 0.25) is 0 Å². The van der Waals surface area contributed by atoms with Gasteiger partial charge >= 0.3 is 5.97 Å². The fourth-order valence-electron chi connectivity index (χ4n) is 2.24. The summed E-state index contributed by atoms with van der Waals surface area (Å²) >= 11 is 0. The van der Waals surface area contributed by atoms with Crippen LogP contribution < -0.4 is 5.32 Å². The number of hydrogen-bond donors (Lipinski definition) is 2. The van der Waals surface area contributed by atoms with E-state index in [4.69, 9.17) is 10.4 Å². The molecule has 2 rings (SSSR count). The van der Waals surface area contributed by atoms with Crippen LogP contribution in [0.1, 0.15) is 29.2 Å². The summed E-state index contributed by atoms with van der Waals surface area (Å²) in [6, 6.07) is 11.0. The van der Waals surface area contributed by atoms with E-state index in [0.717, 1.165) is 17.7 Å². The summed E-state index contributed by atoms with van der Waals surface area (Å²) in [7, 11) is 0. The van der Waals surface area contributed by atoms with Gasteiger partial charge in [-0.3, -0.25) is 4.79 Å². The van der Waals surface area contributed by atoms with Crippen LogP contribution in [-0.4, -0.2) is 11.1 Å². The molecule has 2 aromatic carbocycles. The van der Waals surface area contributed by atoms with E-state index in [-0.39, 0.29) is 18.5 Å². The summed E-state index contributed by atoms with van der Waals surface area (Å²) in [5.41, 5.74) is 1.33. The first-order valence-corrected chi connectivity index (χ1v) is 6.88. The molecule has 0 aromatic heterocycles. The Morgan fingerprint density at radius 1 is 1.26 bits per heavy atom. The summed E-state index contributed by atoms with van der Waals surface area (Å²) in [6.45, 7) is 0.254. The van der Waals surface area contributed by atoms with E-state index >= 15 is 0 Å². The van der Waals surface area contributed by atoms with Gasteiger partial charge in [0, 0.05) is 24.2 Å². The van der Waals surface area contributed by atoms with Crippen LogP contribution >= 0.6 is 0 Å². The minimum atomic E-state index is -1.10. The van der Waals surface area contributed by atoms with E-state index in [1.165, 1.54) is 6.07 Å². The molecule has 0 fully saturated rings. The van der Waals surface area contributed by atoms with E-state index in [2.05, 4.69) is 5.32 Å². The van der Waals surface area contributed by atoms with Crippen molar-refractivity contribution >= 4 is 5.97 Å². The second-order valence-electron chi connectivity index (χ2n) is 5.01. The molecule has 2 N–H and O–H groups in total.